The minimum atomic E-state index is -0.157. The fourth-order valence-electron chi connectivity index (χ4n) is 9.51. The highest BCUT2D eigenvalue weighted by atomic mass is 16.3. The van der Waals surface area contributed by atoms with Gasteiger partial charge >= 0.3 is 0 Å². The zero-order valence-corrected chi connectivity index (χ0v) is 33.6. The van der Waals surface area contributed by atoms with Gasteiger partial charge in [-0.3, -0.25) is 0 Å². The lowest BCUT2D eigenvalue weighted by Crippen LogP contribution is -2.18. The normalized spacial score (nSPS) is 14.5. The first-order chi connectivity index (χ1) is 28.9. The average molecular weight is 758 g/mol. The molecule has 7 aromatic rings. The van der Waals surface area contributed by atoms with Crippen LogP contribution in [0.3, 0.4) is 0 Å². The highest BCUT2D eigenvalue weighted by molar-refractivity contribution is 6.18. The van der Waals surface area contributed by atoms with Gasteiger partial charge < -0.3 is 10.0 Å². The van der Waals surface area contributed by atoms with Crippen LogP contribution in [0.1, 0.15) is 49.4 Å². The van der Waals surface area contributed by atoms with Crippen molar-refractivity contribution in [2.45, 2.75) is 32.6 Å². The topological polar surface area (TPSA) is 23.5 Å². The van der Waals surface area contributed by atoms with Gasteiger partial charge in [-0.1, -0.05) is 166 Å². The van der Waals surface area contributed by atoms with Gasteiger partial charge in [-0.15, -0.1) is 0 Å². The monoisotopic (exact) mass is 757 g/mol. The van der Waals surface area contributed by atoms with Crippen molar-refractivity contribution in [2.75, 3.05) is 4.90 Å². The third kappa shape index (κ3) is 5.81. The molecule has 0 aliphatic heterocycles. The summed E-state index contributed by atoms with van der Waals surface area (Å²) in [6.07, 6.45) is 12.9. The lowest BCUT2D eigenvalue weighted by molar-refractivity contribution is 0.474. The number of phenolic OH excluding ortho intramolecular Hbond substituents is 1. The lowest BCUT2D eigenvalue weighted by atomic mass is 9.82. The molecule has 3 aliphatic carbocycles. The van der Waals surface area contributed by atoms with Crippen LogP contribution >= 0.6 is 0 Å². The van der Waals surface area contributed by atoms with E-state index in [0.29, 0.717) is 12.0 Å². The van der Waals surface area contributed by atoms with Crippen molar-refractivity contribution in [3.63, 3.8) is 0 Å². The third-order valence-corrected chi connectivity index (χ3v) is 12.3. The highest BCUT2D eigenvalue weighted by Gasteiger charge is 2.38. The van der Waals surface area contributed by atoms with E-state index in [4.69, 9.17) is 0 Å². The molecule has 0 saturated heterocycles. The average Bonchev–Trinajstić information content (AvgIpc) is 3.57. The molecule has 10 rings (SSSR count). The van der Waals surface area contributed by atoms with Gasteiger partial charge in [-0.2, -0.15) is 0 Å². The van der Waals surface area contributed by atoms with E-state index in [1.54, 1.807) is 6.08 Å². The smallest absolute Gasteiger partial charge is 0.124 e. The largest absolute Gasteiger partial charge is 0.507 e. The van der Waals surface area contributed by atoms with Gasteiger partial charge in [0.05, 0.1) is 5.69 Å². The Bertz CT molecular complexity index is 3050. The molecule has 0 saturated carbocycles. The first-order valence-corrected chi connectivity index (χ1v) is 20.4. The van der Waals surface area contributed by atoms with Gasteiger partial charge in [-0.25, -0.2) is 0 Å². The summed E-state index contributed by atoms with van der Waals surface area (Å²) in [5, 5.41) is 14.1. The van der Waals surface area contributed by atoms with Gasteiger partial charge in [0, 0.05) is 39.9 Å². The van der Waals surface area contributed by atoms with Crippen molar-refractivity contribution in [2.24, 2.45) is 0 Å². The minimum Gasteiger partial charge on any atom is -0.507 e. The maximum Gasteiger partial charge on any atom is 0.124 e. The van der Waals surface area contributed by atoms with E-state index in [9.17, 15) is 5.11 Å². The molecule has 2 nitrogen and oxygen atoms in total. The number of hydrogen-bond acceptors (Lipinski definition) is 2. The molecule has 0 heterocycles. The number of phenols is 1. The minimum absolute atomic E-state index is 0.157. The predicted molar refractivity (Wildman–Crippen MR) is 250 cm³/mol. The van der Waals surface area contributed by atoms with E-state index in [1.807, 2.05) is 18.2 Å². The van der Waals surface area contributed by atoms with E-state index < -0.39 is 0 Å². The van der Waals surface area contributed by atoms with Crippen LogP contribution in [-0.2, 0) is 5.41 Å². The SMILES string of the molecule is C=C/C=C\C(=C/C)c1ccc(N(C2=CCC#CC(c3cc(-c4ccc5c6c(cccc46)-c4ccccc4-5)ccc3O)=C2)c2cccc3c2-c2ccccc2C3(C)C)cc1. The van der Waals surface area contributed by atoms with Crippen molar-refractivity contribution >= 4 is 33.3 Å². The zero-order valence-electron chi connectivity index (χ0n) is 33.6. The maximum absolute atomic E-state index is 11.6. The highest BCUT2D eigenvalue weighted by Crippen LogP contribution is 2.54. The second kappa shape index (κ2) is 14.2. The molecule has 0 aromatic heterocycles. The molecule has 59 heavy (non-hydrogen) atoms. The van der Waals surface area contributed by atoms with E-state index in [0.717, 1.165) is 44.9 Å². The van der Waals surface area contributed by atoms with Crippen molar-refractivity contribution in [3.8, 4) is 62.1 Å². The molecular weight excluding hydrogens is 715 g/mol. The van der Waals surface area contributed by atoms with Crippen molar-refractivity contribution in [1.82, 2.24) is 0 Å². The molecule has 7 aromatic carbocycles. The number of aromatic hydroxyl groups is 1. The third-order valence-electron chi connectivity index (χ3n) is 12.3. The second-order valence-electron chi connectivity index (χ2n) is 16.0. The Morgan fingerprint density at radius 3 is 2.19 bits per heavy atom. The number of nitrogens with zero attached hydrogens (tertiary/aromatic N) is 1. The van der Waals surface area contributed by atoms with Crippen molar-refractivity contribution in [1.29, 1.82) is 0 Å². The Labute approximate surface area is 347 Å². The summed E-state index contributed by atoms with van der Waals surface area (Å²) >= 11 is 0. The molecule has 282 valence electrons. The van der Waals surface area contributed by atoms with E-state index in [2.05, 4.69) is 196 Å². The van der Waals surface area contributed by atoms with Crippen LogP contribution in [-0.4, -0.2) is 5.11 Å². The lowest BCUT2D eigenvalue weighted by Gasteiger charge is -2.30. The fourth-order valence-corrected chi connectivity index (χ4v) is 9.51. The summed E-state index contributed by atoms with van der Waals surface area (Å²) < 4.78 is 0. The molecule has 0 unspecified atom stereocenters. The first kappa shape index (κ1) is 36.0. The number of fused-ring (bicyclic) bond motifs is 6. The molecule has 0 amide bonds. The number of benzene rings is 7. The summed E-state index contributed by atoms with van der Waals surface area (Å²) in [5.41, 5.74) is 19.1. The Morgan fingerprint density at radius 2 is 1.41 bits per heavy atom. The van der Waals surface area contributed by atoms with Crippen LogP contribution in [0.4, 0.5) is 11.4 Å². The van der Waals surface area contributed by atoms with Crippen LogP contribution in [0.5, 0.6) is 5.75 Å². The number of anilines is 2. The molecule has 0 fully saturated rings. The number of rotatable bonds is 8. The summed E-state index contributed by atoms with van der Waals surface area (Å²) in [7, 11) is 0. The van der Waals surface area contributed by atoms with Crippen LogP contribution < -0.4 is 4.90 Å². The summed E-state index contributed by atoms with van der Waals surface area (Å²) in [5.74, 6) is 7.08. The Kier molecular flexibility index (Phi) is 8.70. The standard InChI is InChI=1S/C57H43NO/c1-5-7-16-37(6-2)38-27-30-41(31-28-38)58(53-26-15-25-52-56(53)49-21-12-13-24-51(49)57(52,3)4)42-18-9-8-17-39(35-42)50-36-40(29-34-54(50)59)43-32-33-48-45-20-11-10-19-44(45)47-23-14-22-46(43)55(47)48/h5-7,10-16,18-36,59H,1,9H2,2-4H3/b16-7-,37-6+. The van der Waals surface area contributed by atoms with E-state index in [1.165, 1.54) is 55.3 Å². The first-order valence-electron chi connectivity index (χ1n) is 20.4. The summed E-state index contributed by atoms with van der Waals surface area (Å²) in [6, 6.07) is 50.0. The molecule has 0 atom stereocenters. The molecule has 0 radical (unpaired) electrons. The van der Waals surface area contributed by atoms with E-state index >= 15 is 0 Å². The molecule has 2 heteroatoms. The molecule has 0 spiro atoms. The van der Waals surface area contributed by atoms with Gasteiger partial charge in [0.1, 0.15) is 5.75 Å². The summed E-state index contributed by atoms with van der Waals surface area (Å²) in [6.45, 7) is 10.6. The van der Waals surface area contributed by atoms with Crippen LogP contribution in [0.15, 0.2) is 188 Å². The molecule has 3 aliphatic rings. The number of allylic oxidation sites excluding steroid dienone is 8. The molecular formula is C57H43NO. The van der Waals surface area contributed by atoms with Crippen LogP contribution in [0.25, 0.3) is 66.4 Å². The van der Waals surface area contributed by atoms with Gasteiger partial charge in [-0.05, 0) is 121 Å². The van der Waals surface area contributed by atoms with Gasteiger partial charge in [0.15, 0.2) is 0 Å². The quantitative estimate of drug-likeness (QED) is 0.123. The Balaban J connectivity index is 1.12. The fraction of sp³-hybridized carbons (Fsp3) is 0.0877. The Morgan fingerprint density at radius 1 is 0.712 bits per heavy atom. The van der Waals surface area contributed by atoms with Crippen molar-refractivity contribution < 1.29 is 5.11 Å². The van der Waals surface area contributed by atoms with Gasteiger partial charge in [0.25, 0.3) is 0 Å². The second-order valence-corrected chi connectivity index (χ2v) is 16.0. The van der Waals surface area contributed by atoms with Crippen molar-refractivity contribution in [3.05, 3.63) is 211 Å². The van der Waals surface area contributed by atoms with Gasteiger partial charge in [0.2, 0.25) is 0 Å². The van der Waals surface area contributed by atoms with Crippen LogP contribution in [0, 0.1) is 11.8 Å². The predicted octanol–water partition coefficient (Wildman–Crippen LogP) is 14.8. The van der Waals surface area contributed by atoms with Crippen LogP contribution in [0.2, 0.25) is 0 Å². The maximum atomic E-state index is 11.6. The van der Waals surface area contributed by atoms with E-state index in [-0.39, 0.29) is 11.2 Å². The molecule has 1 N–H and O–H groups in total. The number of hydrogen-bond donors (Lipinski definition) is 1. The Hall–Kier alpha value is -7.34. The summed E-state index contributed by atoms with van der Waals surface area (Å²) in [4.78, 5) is 2.37. The molecule has 0 bridgehead atoms. The zero-order chi connectivity index (χ0) is 40.3.